The van der Waals surface area contributed by atoms with Gasteiger partial charge in [0.2, 0.25) is 9.84 Å². The molecule has 0 aromatic heterocycles. The molecule has 1 aromatic rings. The Kier molecular flexibility index (Phi) is 2.81. The third-order valence-electron chi connectivity index (χ3n) is 3.37. The molecule has 5 heteroatoms. The Hall–Kier alpha value is -1.17. The molecule has 2 atom stereocenters. The summed E-state index contributed by atoms with van der Waals surface area (Å²) in [4.78, 5) is 0.713. The van der Waals surface area contributed by atoms with Crippen LogP contribution in [0.3, 0.4) is 0 Å². The average Bonchev–Trinajstić information content (AvgIpc) is 2.84. The van der Waals surface area contributed by atoms with E-state index in [0.29, 0.717) is 16.2 Å². The zero-order valence-corrected chi connectivity index (χ0v) is 11.7. The van der Waals surface area contributed by atoms with Gasteiger partial charge in [0.05, 0.1) is 15.9 Å². The maximum absolute atomic E-state index is 12.4. The average molecular weight is 280 g/mol. The predicted molar refractivity (Wildman–Crippen MR) is 70.2 cm³/mol. The fourth-order valence-corrected chi connectivity index (χ4v) is 4.08. The summed E-state index contributed by atoms with van der Waals surface area (Å²) in [6.07, 6.45) is 1.61. The minimum Gasteiger partial charge on any atom is -0.344 e. The molecule has 3 rings (SSSR count). The van der Waals surface area contributed by atoms with Crippen LogP contribution in [-0.2, 0) is 19.3 Å². The number of sulfone groups is 1. The van der Waals surface area contributed by atoms with Crippen molar-refractivity contribution in [2.75, 3.05) is 0 Å². The van der Waals surface area contributed by atoms with Crippen LogP contribution in [0.25, 0.3) is 0 Å². The number of benzene rings is 1. The first-order valence-electron chi connectivity index (χ1n) is 6.25. The summed E-state index contributed by atoms with van der Waals surface area (Å²) in [5.41, 5.74) is 0. The highest BCUT2D eigenvalue weighted by Gasteiger charge is 2.46. The Balaban J connectivity index is 1.90. The van der Waals surface area contributed by atoms with Crippen LogP contribution in [0.15, 0.2) is 46.2 Å². The van der Waals surface area contributed by atoms with Gasteiger partial charge in [0, 0.05) is 6.42 Å². The molecule has 0 amide bonds. The molecule has 19 heavy (non-hydrogen) atoms. The van der Waals surface area contributed by atoms with Crippen LogP contribution in [-0.4, -0.2) is 26.4 Å². The smallest absolute Gasteiger partial charge is 0.202 e. The van der Waals surface area contributed by atoms with Gasteiger partial charge in [-0.2, -0.15) is 0 Å². The van der Waals surface area contributed by atoms with Crippen LogP contribution in [0, 0.1) is 0 Å². The van der Waals surface area contributed by atoms with Crippen LogP contribution in [0.4, 0.5) is 0 Å². The van der Waals surface area contributed by atoms with Crippen molar-refractivity contribution < 1.29 is 17.9 Å². The van der Waals surface area contributed by atoms with Gasteiger partial charge in [-0.25, -0.2) is 8.42 Å². The molecule has 0 bridgehead atoms. The Morgan fingerprint density at radius 2 is 1.84 bits per heavy atom. The summed E-state index contributed by atoms with van der Waals surface area (Å²) >= 11 is 0. The maximum Gasteiger partial charge on any atom is 0.202 e. The molecule has 1 aromatic carbocycles. The third-order valence-corrected chi connectivity index (χ3v) is 5.26. The first-order valence-corrected chi connectivity index (χ1v) is 7.73. The highest BCUT2D eigenvalue weighted by atomic mass is 32.2. The normalized spacial score (nSPS) is 29.1. The molecule has 0 radical (unpaired) electrons. The molecule has 1 saturated heterocycles. The highest BCUT2D eigenvalue weighted by molar-refractivity contribution is 7.95. The van der Waals surface area contributed by atoms with Crippen molar-refractivity contribution in [2.24, 2.45) is 0 Å². The van der Waals surface area contributed by atoms with E-state index < -0.39 is 15.6 Å². The second-order valence-corrected chi connectivity index (χ2v) is 7.29. The monoisotopic (exact) mass is 280 g/mol. The van der Waals surface area contributed by atoms with Crippen molar-refractivity contribution in [2.45, 2.75) is 43.2 Å². The minimum absolute atomic E-state index is 0.191. The van der Waals surface area contributed by atoms with E-state index in [0.717, 1.165) is 0 Å². The van der Waals surface area contributed by atoms with Gasteiger partial charge in [0.1, 0.15) is 6.10 Å². The lowest BCUT2D eigenvalue weighted by Crippen LogP contribution is -2.22. The van der Waals surface area contributed by atoms with Crippen molar-refractivity contribution in [1.29, 1.82) is 0 Å². The maximum atomic E-state index is 12.4. The lowest BCUT2D eigenvalue weighted by molar-refractivity contribution is -0.143. The highest BCUT2D eigenvalue weighted by Crippen LogP contribution is 2.40. The van der Waals surface area contributed by atoms with Crippen molar-refractivity contribution in [3.63, 3.8) is 0 Å². The number of ether oxygens (including phenoxy) is 2. The fraction of sp³-hybridized carbons (Fsp3) is 0.429. The second kappa shape index (κ2) is 4.16. The lowest BCUT2D eigenvalue weighted by Gasteiger charge is -2.18. The summed E-state index contributed by atoms with van der Waals surface area (Å²) < 4.78 is 36.3. The molecule has 4 nitrogen and oxygen atoms in total. The molecule has 102 valence electrons. The Morgan fingerprint density at radius 1 is 1.16 bits per heavy atom. The SMILES string of the molecule is CC1(C)OC2C=C(S(=O)(=O)c3ccccc3)CC2O1. The number of hydrogen-bond acceptors (Lipinski definition) is 4. The van der Waals surface area contributed by atoms with Gasteiger partial charge in [0.25, 0.3) is 0 Å². The van der Waals surface area contributed by atoms with E-state index in [4.69, 9.17) is 9.47 Å². The zero-order valence-electron chi connectivity index (χ0n) is 10.9. The summed E-state index contributed by atoms with van der Waals surface area (Å²) in [6, 6.07) is 8.45. The lowest BCUT2D eigenvalue weighted by atomic mass is 10.2. The van der Waals surface area contributed by atoms with Crippen LogP contribution >= 0.6 is 0 Å². The molecular formula is C14H16O4S. The molecule has 1 aliphatic carbocycles. The Bertz CT molecular complexity index is 616. The topological polar surface area (TPSA) is 52.6 Å². The number of fused-ring (bicyclic) bond motifs is 1. The van der Waals surface area contributed by atoms with E-state index >= 15 is 0 Å². The van der Waals surface area contributed by atoms with E-state index in [2.05, 4.69) is 0 Å². The minimum atomic E-state index is -3.42. The Morgan fingerprint density at radius 3 is 2.47 bits per heavy atom. The number of rotatable bonds is 2. The van der Waals surface area contributed by atoms with E-state index in [1.54, 1.807) is 36.4 Å². The van der Waals surface area contributed by atoms with Gasteiger partial charge in [-0.05, 0) is 32.1 Å². The van der Waals surface area contributed by atoms with Crippen LogP contribution in [0.1, 0.15) is 20.3 Å². The molecule has 1 aliphatic heterocycles. The third kappa shape index (κ3) is 2.22. The van der Waals surface area contributed by atoms with E-state index in [9.17, 15) is 8.42 Å². The van der Waals surface area contributed by atoms with Gasteiger partial charge in [-0.15, -0.1) is 0 Å². The molecule has 2 aliphatic rings. The molecule has 0 spiro atoms. The molecular weight excluding hydrogens is 264 g/mol. The van der Waals surface area contributed by atoms with Crippen LogP contribution < -0.4 is 0 Å². The Labute approximate surface area is 113 Å². The molecule has 0 saturated carbocycles. The first-order chi connectivity index (χ1) is 8.88. The van der Waals surface area contributed by atoms with Crippen molar-refractivity contribution in [3.8, 4) is 0 Å². The zero-order chi connectivity index (χ0) is 13.7. The van der Waals surface area contributed by atoms with E-state index in [1.807, 2.05) is 13.8 Å². The van der Waals surface area contributed by atoms with Crippen molar-refractivity contribution >= 4 is 9.84 Å². The molecule has 1 heterocycles. The quantitative estimate of drug-likeness (QED) is 0.834. The molecule has 2 unspecified atom stereocenters. The van der Waals surface area contributed by atoms with E-state index in [1.165, 1.54) is 0 Å². The van der Waals surface area contributed by atoms with E-state index in [-0.39, 0.29) is 12.2 Å². The number of hydrogen-bond donors (Lipinski definition) is 0. The van der Waals surface area contributed by atoms with Gasteiger partial charge in [0.15, 0.2) is 5.79 Å². The molecule has 1 fully saturated rings. The van der Waals surface area contributed by atoms with Crippen LogP contribution in [0.5, 0.6) is 0 Å². The first kappa shape index (κ1) is 12.8. The second-order valence-electron chi connectivity index (χ2n) is 5.29. The fourth-order valence-electron chi connectivity index (χ4n) is 2.56. The molecule has 0 N–H and O–H groups in total. The predicted octanol–water partition coefficient (Wildman–Crippen LogP) is 2.27. The summed E-state index contributed by atoms with van der Waals surface area (Å²) in [5, 5.41) is 0. The van der Waals surface area contributed by atoms with Gasteiger partial charge >= 0.3 is 0 Å². The van der Waals surface area contributed by atoms with Crippen molar-refractivity contribution in [1.82, 2.24) is 0 Å². The summed E-state index contributed by atoms with van der Waals surface area (Å²) in [6.45, 7) is 3.68. The van der Waals surface area contributed by atoms with Gasteiger partial charge < -0.3 is 9.47 Å². The van der Waals surface area contributed by atoms with Crippen molar-refractivity contribution in [3.05, 3.63) is 41.3 Å². The van der Waals surface area contributed by atoms with Gasteiger partial charge in [-0.3, -0.25) is 0 Å². The van der Waals surface area contributed by atoms with Crippen LogP contribution in [0.2, 0.25) is 0 Å². The largest absolute Gasteiger partial charge is 0.344 e. The standard InChI is InChI=1S/C14H16O4S/c1-14(2)17-12-8-11(9-13(12)18-14)19(15,16)10-6-4-3-5-7-10/h3-8,12-13H,9H2,1-2H3. The summed E-state index contributed by atoms with van der Waals surface area (Å²) in [7, 11) is -3.42. The summed E-state index contributed by atoms with van der Waals surface area (Å²) in [5.74, 6) is -0.631. The van der Waals surface area contributed by atoms with Gasteiger partial charge in [-0.1, -0.05) is 18.2 Å².